The van der Waals surface area contributed by atoms with Gasteiger partial charge in [-0.25, -0.2) is 0 Å². The SMILES string of the molecule is CCNC(=O)CN1CCN(CC(=O)NC(c2ccc(C(C)C)cc2)C(C)C)CC1. The second kappa shape index (κ2) is 11.3. The molecule has 6 nitrogen and oxygen atoms in total. The van der Waals surface area contributed by atoms with Crippen LogP contribution in [-0.2, 0) is 9.59 Å². The summed E-state index contributed by atoms with van der Waals surface area (Å²) in [6.45, 7) is 15.3. The third-order valence-electron chi connectivity index (χ3n) is 5.52. The molecule has 1 aromatic carbocycles. The third-order valence-corrected chi connectivity index (χ3v) is 5.52. The summed E-state index contributed by atoms with van der Waals surface area (Å²) in [4.78, 5) is 28.7. The highest BCUT2D eigenvalue weighted by atomic mass is 16.2. The van der Waals surface area contributed by atoms with Gasteiger partial charge >= 0.3 is 0 Å². The van der Waals surface area contributed by atoms with E-state index in [2.05, 4.69) is 72.4 Å². The van der Waals surface area contributed by atoms with Crippen LogP contribution in [0.5, 0.6) is 0 Å². The molecule has 1 saturated heterocycles. The first-order chi connectivity index (χ1) is 13.8. The monoisotopic (exact) mass is 402 g/mol. The Morgan fingerprint density at radius 3 is 1.79 bits per heavy atom. The van der Waals surface area contributed by atoms with Gasteiger partial charge in [0.2, 0.25) is 11.8 Å². The summed E-state index contributed by atoms with van der Waals surface area (Å²) >= 11 is 0. The van der Waals surface area contributed by atoms with Gasteiger partial charge in [0, 0.05) is 32.7 Å². The Morgan fingerprint density at radius 2 is 1.34 bits per heavy atom. The first-order valence-electron chi connectivity index (χ1n) is 10.9. The standard InChI is InChI=1S/C23H38N4O2/c1-6-24-21(28)15-26-11-13-27(14-12-26)16-22(29)25-23(18(4)5)20-9-7-19(8-10-20)17(2)3/h7-10,17-18,23H,6,11-16H2,1-5H3,(H,24,28)(H,25,29). The summed E-state index contributed by atoms with van der Waals surface area (Å²) in [5.41, 5.74) is 2.47. The number of rotatable bonds is 9. The minimum absolute atomic E-state index is 0.0164. The maximum absolute atomic E-state index is 12.7. The van der Waals surface area contributed by atoms with Crippen LogP contribution in [0.25, 0.3) is 0 Å². The molecule has 0 radical (unpaired) electrons. The van der Waals surface area contributed by atoms with Crippen molar-refractivity contribution in [2.24, 2.45) is 5.92 Å². The van der Waals surface area contributed by atoms with Crippen molar-refractivity contribution in [1.82, 2.24) is 20.4 Å². The van der Waals surface area contributed by atoms with Crippen LogP contribution >= 0.6 is 0 Å². The van der Waals surface area contributed by atoms with Gasteiger partial charge in [-0.2, -0.15) is 0 Å². The van der Waals surface area contributed by atoms with Gasteiger partial charge in [0.1, 0.15) is 0 Å². The first kappa shape index (κ1) is 23.4. The molecule has 2 rings (SSSR count). The van der Waals surface area contributed by atoms with E-state index < -0.39 is 0 Å². The lowest BCUT2D eigenvalue weighted by Gasteiger charge is -2.34. The average Bonchev–Trinajstić information content (AvgIpc) is 2.67. The fraction of sp³-hybridized carbons (Fsp3) is 0.652. The number of hydrogen-bond donors (Lipinski definition) is 2. The quantitative estimate of drug-likeness (QED) is 0.666. The molecule has 0 aliphatic carbocycles. The molecule has 0 bridgehead atoms. The predicted octanol–water partition coefficient (Wildman–Crippen LogP) is 2.38. The van der Waals surface area contributed by atoms with Crippen LogP contribution in [0.1, 0.15) is 57.7 Å². The van der Waals surface area contributed by atoms with Crippen molar-refractivity contribution in [3.8, 4) is 0 Å². The minimum Gasteiger partial charge on any atom is -0.355 e. The summed E-state index contributed by atoms with van der Waals surface area (Å²) in [6.07, 6.45) is 0. The van der Waals surface area contributed by atoms with E-state index >= 15 is 0 Å². The van der Waals surface area contributed by atoms with Gasteiger partial charge in [-0.3, -0.25) is 19.4 Å². The van der Waals surface area contributed by atoms with Crippen molar-refractivity contribution in [2.75, 3.05) is 45.8 Å². The van der Waals surface area contributed by atoms with Gasteiger partial charge in [0.25, 0.3) is 0 Å². The Balaban J connectivity index is 1.84. The lowest BCUT2D eigenvalue weighted by Crippen LogP contribution is -2.51. The van der Waals surface area contributed by atoms with E-state index in [1.165, 1.54) is 5.56 Å². The molecule has 1 atom stereocenters. The maximum atomic E-state index is 12.7. The molecule has 6 heteroatoms. The fourth-order valence-corrected chi connectivity index (χ4v) is 3.71. The normalized spacial score (nSPS) is 16.8. The highest BCUT2D eigenvalue weighted by Crippen LogP contribution is 2.24. The molecule has 0 spiro atoms. The second-order valence-electron chi connectivity index (χ2n) is 8.62. The molecule has 2 amide bonds. The van der Waals surface area contributed by atoms with Crippen molar-refractivity contribution < 1.29 is 9.59 Å². The van der Waals surface area contributed by atoms with E-state index in [0.717, 1.165) is 31.7 Å². The lowest BCUT2D eigenvalue weighted by molar-refractivity contribution is -0.125. The van der Waals surface area contributed by atoms with Crippen molar-refractivity contribution >= 4 is 11.8 Å². The van der Waals surface area contributed by atoms with E-state index in [-0.39, 0.29) is 17.9 Å². The number of carbonyl (C=O) groups is 2. The van der Waals surface area contributed by atoms with Crippen LogP contribution in [0.4, 0.5) is 0 Å². The van der Waals surface area contributed by atoms with E-state index in [9.17, 15) is 9.59 Å². The topological polar surface area (TPSA) is 64.7 Å². The van der Waals surface area contributed by atoms with Crippen molar-refractivity contribution in [3.63, 3.8) is 0 Å². The van der Waals surface area contributed by atoms with Crippen molar-refractivity contribution in [3.05, 3.63) is 35.4 Å². The molecule has 162 valence electrons. The predicted molar refractivity (Wildman–Crippen MR) is 118 cm³/mol. The average molecular weight is 403 g/mol. The number of amides is 2. The maximum Gasteiger partial charge on any atom is 0.234 e. The molecule has 0 aromatic heterocycles. The Hall–Kier alpha value is -1.92. The Bertz CT molecular complexity index is 649. The van der Waals surface area contributed by atoms with Crippen LogP contribution in [0.3, 0.4) is 0 Å². The minimum atomic E-state index is 0.0164. The first-order valence-corrected chi connectivity index (χ1v) is 10.9. The Morgan fingerprint density at radius 1 is 0.862 bits per heavy atom. The van der Waals surface area contributed by atoms with Gasteiger partial charge in [0.05, 0.1) is 19.1 Å². The number of piperazine rings is 1. The number of benzene rings is 1. The number of carbonyl (C=O) groups excluding carboxylic acids is 2. The molecule has 1 aliphatic rings. The Kier molecular flexibility index (Phi) is 9.11. The summed E-state index contributed by atoms with van der Waals surface area (Å²) < 4.78 is 0. The molecular weight excluding hydrogens is 364 g/mol. The molecule has 1 aliphatic heterocycles. The number of nitrogens with zero attached hydrogens (tertiary/aromatic N) is 2. The van der Waals surface area contributed by atoms with Crippen LogP contribution in [0, 0.1) is 5.92 Å². The van der Waals surface area contributed by atoms with Gasteiger partial charge in [-0.15, -0.1) is 0 Å². The van der Waals surface area contributed by atoms with Crippen LogP contribution in [0.15, 0.2) is 24.3 Å². The van der Waals surface area contributed by atoms with Gasteiger partial charge in [-0.05, 0) is 29.9 Å². The van der Waals surface area contributed by atoms with Crippen molar-refractivity contribution in [2.45, 2.75) is 46.6 Å². The summed E-state index contributed by atoms with van der Waals surface area (Å²) in [6, 6.07) is 8.62. The van der Waals surface area contributed by atoms with Crippen LogP contribution in [-0.4, -0.2) is 67.4 Å². The summed E-state index contributed by atoms with van der Waals surface area (Å²) in [5.74, 6) is 0.955. The van der Waals surface area contributed by atoms with Crippen LogP contribution in [0.2, 0.25) is 0 Å². The van der Waals surface area contributed by atoms with Gasteiger partial charge in [-0.1, -0.05) is 52.0 Å². The van der Waals surface area contributed by atoms with E-state index in [4.69, 9.17) is 0 Å². The molecule has 1 heterocycles. The lowest BCUT2D eigenvalue weighted by atomic mass is 9.93. The number of hydrogen-bond acceptors (Lipinski definition) is 4. The van der Waals surface area contributed by atoms with Gasteiger partial charge < -0.3 is 10.6 Å². The summed E-state index contributed by atoms with van der Waals surface area (Å²) in [5, 5.41) is 6.07. The zero-order chi connectivity index (χ0) is 21.4. The largest absolute Gasteiger partial charge is 0.355 e. The highest BCUT2D eigenvalue weighted by Gasteiger charge is 2.23. The molecular formula is C23H38N4O2. The second-order valence-corrected chi connectivity index (χ2v) is 8.62. The number of likely N-dealkylation sites (N-methyl/N-ethyl adjacent to an activating group) is 1. The van der Waals surface area contributed by atoms with E-state index in [1.807, 2.05) is 6.92 Å². The molecule has 2 N–H and O–H groups in total. The molecule has 1 aromatic rings. The third kappa shape index (κ3) is 7.44. The fourth-order valence-electron chi connectivity index (χ4n) is 3.71. The smallest absolute Gasteiger partial charge is 0.234 e. The molecule has 0 saturated carbocycles. The molecule has 1 fully saturated rings. The highest BCUT2D eigenvalue weighted by molar-refractivity contribution is 5.79. The van der Waals surface area contributed by atoms with Gasteiger partial charge in [0.15, 0.2) is 0 Å². The van der Waals surface area contributed by atoms with E-state index in [0.29, 0.717) is 31.5 Å². The van der Waals surface area contributed by atoms with Crippen LogP contribution < -0.4 is 10.6 Å². The summed E-state index contributed by atoms with van der Waals surface area (Å²) in [7, 11) is 0. The molecule has 1 unspecified atom stereocenters. The molecule has 29 heavy (non-hydrogen) atoms. The van der Waals surface area contributed by atoms with E-state index in [1.54, 1.807) is 0 Å². The zero-order valence-electron chi connectivity index (χ0n) is 18.7. The zero-order valence-corrected chi connectivity index (χ0v) is 18.7. The number of nitrogens with one attached hydrogen (secondary N) is 2. The Labute approximate surface area is 176 Å². The van der Waals surface area contributed by atoms with Crippen molar-refractivity contribution in [1.29, 1.82) is 0 Å².